The second-order valence-corrected chi connectivity index (χ2v) is 15.6. The Balaban J connectivity index is -0.0000000450. The predicted octanol–water partition coefficient (Wildman–Crippen LogP) is 2.93. The topological polar surface area (TPSA) is 0 Å². The molecular formula is C9H30SbSi3. The molecule has 0 heterocycles. The van der Waals surface area contributed by atoms with Crippen molar-refractivity contribution in [2.24, 2.45) is 0 Å². The molecule has 13 heavy (non-hydrogen) atoms. The summed E-state index contributed by atoms with van der Waals surface area (Å²) in [6.45, 7) is 20.8. The van der Waals surface area contributed by atoms with Gasteiger partial charge in [-0.2, -0.15) is 0 Å². The van der Waals surface area contributed by atoms with Crippen molar-refractivity contribution in [3.8, 4) is 0 Å². The molecule has 0 amide bonds. The fourth-order valence-electron chi connectivity index (χ4n) is 0. The van der Waals surface area contributed by atoms with Gasteiger partial charge in [0.25, 0.3) is 0 Å². The maximum Gasteiger partial charge on any atom is 0.0274 e. The van der Waals surface area contributed by atoms with E-state index in [-0.39, 0.29) is 50.8 Å². The Morgan fingerprint density at radius 2 is 0.385 bits per heavy atom. The third kappa shape index (κ3) is 821. The number of rotatable bonds is 0. The molecule has 0 spiro atoms. The molecule has 0 rings (SSSR count). The summed E-state index contributed by atoms with van der Waals surface area (Å²) in [4.78, 5) is 0. The van der Waals surface area contributed by atoms with Gasteiger partial charge in [-0.1, -0.05) is 58.9 Å². The summed E-state index contributed by atoms with van der Waals surface area (Å²) in [7, 11) is -0.417. The van der Waals surface area contributed by atoms with E-state index >= 15 is 0 Å². The largest absolute Gasteiger partial charge is 0.0724 e. The molecule has 4 heteroatoms. The summed E-state index contributed by atoms with van der Waals surface area (Å²) in [5.74, 6) is 0. The van der Waals surface area contributed by atoms with Gasteiger partial charge in [0.2, 0.25) is 0 Å². The molecule has 0 atom stereocenters. The SMILES string of the molecule is C[SiH](C)C.C[SiH](C)C.C[SiH](C)C.[Sb]. The van der Waals surface area contributed by atoms with Crippen LogP contribution in [0.5, 0.6) is 0 Å². The fourth-order valence-corrected chi connectivity index (χ4v) is 0. The summed E-state index contributed by atoms with van der Waals surface area (Å²) in [5.41, 5.74) is 0. The van der Waals surface area contributed by atoms with Crippen molar-refractivity contribution in [1.82, 2.24) is 0 Å². The molecule has 0 aliphatic heterocycles. The van der Waals surface area contributed by atoms with E-state index in [4.69, 9.17) is 0 Å². The predicted molar refractivity (Wildman–Crippen MR) is 80.0 cm³/mol. The number of hydrogen-bond donors (Lipinski definition) is 0. The van der Waals surface area contributed by atoms with E-state index in [1.807, 2.05) is 0 Å². The van der Waals surface area contributed by atoms with E-state index in [1.165, 1.54) is 0 Å². The minimum atomic E-state index is -0.139. The minimum Gasteiger partial charge on any atom is -0.0724 e. The van der Waals surface area contributed by atoms with Crippen molar-refractivity contribution < 1.29 is 0 Å². The monoisotopic (exact) mass is 343 g/mol. The van der Waals surface area contributed by atoms with Gasteiger partial charge in [-0.15, -0.1) is 0 Å². The van der Waals surface area contributed by atoms with Crippen LogP contribution in [0.1, 0.15) is 0 Å². The van der Waals surface area contributed by atoms with Crippen molar-refractivity contribution in [3.05, 3.63) is 0 Å². The Labute approximate surface area is 109 Å². The summed E-state index contributed by atoms with van der Waals surface area (Å²) < 4.78 is 0. The second kappa shape index (κ2) is 19.1. The van der Waals surface area contributed by atoms with E-state index in [2.05, 4.69) is 58.9 Å². The van der Waals surface area contributed by atoms with Crippen molar-refractivity contribution >= 4 is 50.8 Å². The first kappa shape index (κ1) is 23.9. The average Bonchev–Trinajstić information content (AvgIpc) is 1.54. The maximum absolute atomic E-state index is 2.31. The normalized spacial score (nSPS) is 8.31. The molecule has 0 aromatic heterocycles. The van der Waals surface area contributed by atoms with Crippen LogP contribution >= 0.6 is 0 Å². The molecular weight excluding hydrogens is 314 g/mol. The van der Waals surface area contributed by atoms with Gasteiger partial charge in [-0.3, -0.25) is 0 Å². The first-order valence-electron chi connectivity index (χ1n) is 5.20. The zero-order chi connectivity index (χ0) is 10.7. The third-order valence-corrected chi connectivity index (χ3v) is 0. The zero-order valence-electron chi connectivity index (χ0n) is 11.2. The van der Waals surface area contributed by atoms with Gasteiger partial charge in [0.15, 0.2) is 0 Å². The molecule has 0 unspecified atom stereocenters. The van der Waals surface area contributed by atoms with Gasteiger partial charge in [0.1, 0.15) is 0 Å². The molecule has 0 aromatic rings. The van der Waals surface area contributed by atoms with Crippen molar-refractivity contribution in [2.75, 3.05) is 0 Å². The molecule has 0 aromatic carbocycles. The molecule has 83 valence electrons. The molecule has 3 radical (unpaired) electrons. The second-order valence-electron chi connectivity index (χ2n) is 5.20. The summed E-state index contributed by atoms with van der Waals surface area (Å²) in [6.07, 6.45) is 0. The molecule has 0 saturated carbocycles. The van der Waals surface area contributed by atoms with E-state index < -0.39 is 0 Å². The summed E-state index contributed by atoms with van der Waals surface area (Å²) in [6, 6.07) is 0. The van der Waals surface area contributed by atoms with E-state index in [1.54, 1.807) is 0 Å². The zero-order valence-corrected chi connectivity index (χ0v) is 17.2. The van der Waals surface area contributed by atoms with Crippen LogP contribution < -0.4 is 0 Å². The van der Waals surface area contributed by atoms with Crippen molar-refractivity contribution in [1.29, 1.82) is 0 Å². The fraction of sp³-hybridized carbons (Fsp3) is 1.00. The summed E-state index contributed by atoms with van der Waals surface area (Å²) in [5, 5.41) is 0. The van der Waals surface area contributed by atoms with Crippen LogP contribution in [0, 0.1) is 0 Å². The standard InChI is InChI=1S/3C3H10Si.Sb/c3*1-4(2)3;/h3*4H,1-3H3;. The van der Waals surface area contributed by atoms with Crippen LogP contribution in [0.15, 0.2) is 0 Å². The van der Waals surface area contributed by atoms with Crippen LogP contribution in [-0.2, 0) is 0 Å². The first-order chi connectivity index (χ1) is 5.20. The van der Waals surface area contributed by atoms with Crippen LogP contribution in [-0.4, -0.2) is 50.8 Å². The first-order valence-corrected chi connectivity index (χ1v) is 15.6. The molecule has 0 bridgehead atoms. The molecule has 0 aliphatic carbocycles. The van der Waals surface area contributed by atoms with Crippen molar-refractivity contribution in [2.45, 2.75) is 58.9 Å². The van der Waals surface area contributed by atoms with Gasteiger partial charge in [-0.05, 0) is 0 Å². The molecule has 0 nitrogen and oxygen atoms in total. The van der Waals surface area contributed by atoms with E-state index in [9.17, 15) is 0 Å². The van der Waals surface area contributed by atoms with E-state index in [0.29, 0.717) is 0 Å². The average molecular weight is 344 g/mol. The van der Waals surface area contributed by atoms with Gasteiger partial charge >= 0.3 is 0 Å². The quantitative estimate of drug-likeness (QED) is 0.593. The Hall–Kier alpha value is 1.47. The maximum atomic E-state index is 2.31. The number of hydrogen-bond acceptors (Lipinski definition) is 0. The van der Waals surface area contributed by atoms with Gasteiger partial charge in [0, 0.05) is 50.8 Å². The molecule has 0 saturated heterocycles. The van der Waals surface area contributed by atoms with Crippen LogP contribution in [0.25, 0.3) is 0 Å². The Kier molecular flexibility index (Phi) is 35.2. The summed E-state index contributed by atoms with van der Waals surface area (Å²) >= 11 is 0. The Bertz CT molecular complexity index is 43.4. The van der Waals surface area contributed by atoms with Crippen LogP contribution in [0.2, 0.25) is 58.9 Å². The molecule has 0 aliphatic rings. The Morgan fingerprint density at radius 1 is 0.385 bits per heavy atom. The molecule has 0 N–H and O–H groups in total. The van der Waals surface area contributed by atoms with Crippen LogP contribution in [0.4, 0.5) is 0 Å². The smallest absolute Gasteiger partial charge is 0.0274 e. The minimum absolute atomic E-state index is 0. The van der Waals surface area contributed by atoms with E-state index in [0.717, 1.165) is 0 Å². The van der Waals surface area contributed by atoms with Crippen molar-refractivity contribution in [3.63, 3.8) is 0 Å². The van der Waals surface area contributed by atoms with Crippen LogP contribution in [0.3, 0.4) is 0 Å². The Morgan fingerprint density at radius 3 is 0.385 bits per heavy atom. The van der Waals surface area contributed by atoms with Gasteiger partial charge in [-0.25, -0.2) is 0 Å². The molecule has 0 fully saturated rings. The van der Waals surface area contributed by atoms with Gasteiger partial charge in [0.05, 0.1) is 0 Å². The van der Waals surface area contributed by atoms with Gasteiger partial charge < -0.3 is 0 Å². The third-order valence-electron chi connectivity index (χ3n) is 0.